The molecule has 2 saturated heterocycles. The number of methoxy groups -OCH3 is 1. The Kier molecular flexibility index (Phi) is 5.51. The molecule has 1 atom stereocenters. The summed E-state index contributed by atoms with van der Waals surface area (Å²) in [6.45, 7) is 3.75. The molecule has 30 heavy (non-hydrogen) atoms. The molecule has 8 heteroatoms. The highest BCUT2D eigenvalue weighted by Crippen LogP contribution is 2.31. The van der Waals surface area contributed by atoms with Gasteiger partial charge in [-0.15, -0.1) is 0 Å². The van der Waals surface area contributed by atoms with Crippen LogP contribution >= 0.6 is 0 Å². The van der Waals surface area contributed by atoms with Gasteiger partial charge in [0.15, 0.2) is 0 Å². The van der Waals surface area contributed by atoms with Crippen LogP contribution < -0.4 is 9.64 Å². The first-order chi connectivity index (χ1) is 14.4. The van der Waals surface area contributed by atoms with Crippen molar-refractivity contribution in [2.45, 2.75) is 38.3 Å². The number of carbonyl (C=O) groups excluding carboxylic acids is 2. The van der Waals surface area contributed by atoms with E-state index >= 15 is 0 Å². The maximum Gasteiger partial charge on any atom is 0.228 e. The highest BCUT2D eigenvalue weighted by Gasteiger charge is 2.40. The van der Waals surface area contributed by atoms with Gasteiger partial charge < -0.3 is 24.2 Å². The second-order valence-electron chi connectivity index (χ2n) is 8.26. The molecular formula is C22H28N4O4. The first-order valence-electron chi connectivity index (χ1n) is 10.3. The summed E-state index contributed by atoms with van der Waals surface area (Å²) in [5, 5.41) is 11.0. The molecule has 0 bridgehead atoms. The number of hydrogen-bond acceptors (Lipinski definition) is 5. The molecule has 2 aliphatic rings. The Morgan fingerprint density at radius 1 is 1.33 bits per heavy atom. The van der Waals surface area contributed by atoms with Crippen LogP contribution in [-0.4, -0.2) is 63.7 Å². The number of imidazole rings is 1. The van der Waals surface area contributed by atoms with Crippen molar-refractivity contribution in [1.29, 1.82) is 0 Å². The van der Waals surface area contributed by atoms with Gasteiger partial charge in [-0.25, -0.2) is 4.98 Å². The number of hydrogen-bond donors (Lipinski definition) is 1. The molecular weight excluding hydrogens is 384 g/mol. The van der Waals surface area contributed by atoms with E-state index in [4.69, 9.17) is 4.74 Å². The quantitative estimate of drug-likeness (QED) is 0.806. The minimum Gasteiger partial charge on any atom is -0.497 e. The zero-order chi connectivity index (χ0) is 21.3. The third kappa shape index (κ3) is 4.05. The Hall–Kier alpha value is -2.87. The third-order valence-electron chi connectivity index (χ3n) is 6.23. The minimum absolute atomic E-state index is 0.00499. The molecule has 8 nitrogen and oxygen atoms in total. The van der Waals surface area contributed by atoms with Gasteiger partial charge in [0.2, 0.25) is 11.8 Å². The number of aromatic nitrogens is 2. The molecule has 0 radical (unpaired) electrons. The van der Waals surface area contributed by atoms with Crippen LogP contribution in [0.1, 0.15) is 25.1 Å². The normalized spacial score (nSPS) is 21.2. The monoisotopic (exact) mass is 412 g/mol. The van der Waals surface area contributed by atoms with Gasteiger partial charge in [-0.05, 0) is 31.9 Å². The maximum absolute atomic E-state index is 13.1. The maximum atomic E-state index is 13.1. The molecule has 3 heterocycles. The highest BCUT2D eigenvalue weighted by molar-refractivity contribution is 6.00. The Balaban J connectivity index is 1.36. The van der Waals surface area contributed by atoms with Gasteiger partial charge in [0.25, 0.3) is 0 Å². The third-order valence-corrected chi connectivity index (χ3v) is 6.23. The van der Waals surface area contributed by atoms with Crippen molar-refractivity contribution in [2.24, 2.45) is 5.92 Å². The van der Waals surface area contributed by atoms with Crippen molar-refractivity contribution in [2.75, 3.05) is 31.6 Å². The first kappa shape index (κ1) is 20.4. The number of benzene rings is 1. The number of amides is 2. The van der Waals surface area contributed by atoms with E-state index in [1.165, 1.54) is 0 Å². The Bertz CT molecular complexity index is 933. The second-order valence-corrected chi connectivity index (χ2v) is 8.26. The number of aliphatic hydroxyl groups is 1. The van der Waals surface area contributed by atoms with Gasteiger partial charge in [-0.2, -0.15) is 0 Å². The molecule has 2 amide bonds. The lowest BCUT2D eigenvalue weighted by atomic mass is 9.90. The summed E-state index contributed by atoms with van der Waals surface area (Å²) < 4.78 is 7.18. The van der Waals surface area contributed by atoms with Crippen LogP contribution in [0.2, 0.25) is 0 Å². The molecule has 2 aromatic rings. The number of aryl methyl sites for hydroxylation is 1. The molecule has 0 saturated carbocycles. The average molecular weight is 412 g/mol. The zero-order valence-corrected chi connectivity index (χ0v) is 17.5. The van der Waals surface area contributed by atoms with Gasteiger partial charge in [-0.3, -0.25) is 9.59 Å². The van der Waals surface area contributed by atoms with E-state index in [1.807, 2.05) is 42.0 Å². The van der Waals surface area contributed by atoms with E-state index in [9.17, 15) is 14.7 Å². The Labute approximate surface area is 176 Å². The summed E-state index contributed by atoms with van der Waals surface area (Å²) in [4.78, 5) is 33.3. The van der Waals surface area contributed by atoms with E-state index < -0.39 is 5.60 Å². The number of rotatable bonds is 5. The SMILES string of the molecule is COc1cccc(N2CC(C(=O)N3CCC(O)(Cn4ccnc4C)CC3)CC2=O)c1. The van der Waals surface area contributed by atoms with Crippen LogP contribution in [0.25, 0.3) is 0 Å². The Morgan fingerprint density at radius 2 is 2.10 bits per heavy atom. The molecule has 160 valence electrons. The van der Waals surface area contributed by atoms with Crippen molar-refractivity contribution >= 4 is 17.5 Å². The van der Waals surface area contributed by atoms with Crippen LogP contribution in [-0.2, 0) is 16.1 Å². The van der Waals surface area contributed by atoms with Crippen LogP contribution in [0.15, 0.2) is 36.7 Å². The smallest absolute Gasteiger partial charge is 0.228 e. The molecule has 2 fully saturated rings. The van der Waals surface area contributed by atoms with Gasteiger partial charge in [0, 0.05) is 50.2 Å². The van der Waals surface area contributed by atoms with E-state index in [1.54, 1.807) is 23.1 Å². The Morgan fingerprint density at radius 3 is 2.77 bits per heavy atom. The van der Waals surface area contributed by atoms with Gasteiger partial charge in [0.05, 0.1) is 25.2 Å². The van der Waals surface area contributed by atoms with Crippen LogP contribution in [0.5, 0.6) is 5.75 Å². The summed E-state index contributed by atoms with van der Waals surface area (Å²) in [5.74, 6) is 1.13. The number of ether oxygens (including phenoxy) is 1. The zero-order valence-electron chi connectivity index (χ0n) is 17.5. The minimum atomic E-state index is -0.847. The molecule has 4 rings (SSSR count). The molecule has 2 aliphatic heterocycles. The molecule has 1 aromatic heterocycles. The number of piperidine rings is 1. The first-order valence-corrected chi connectivity index (χ1v) is 10.3. The molecule has 1 aromatic carbocycles. The van der Waals surface area contributed by atoms with Crippen molar-refractivity contribution < 1.29 is 19.4 Å². The van der Waals surface area contributed by atoms with Crippen molar-refractivity contribution in [3.63, 3.8) is 0 Å². The van der Waals surface area contributed by atoms with Crippen molar-refractivity contribution in [3.8, 4) is 5.75 Å². The summed E-state index contributed by atoms with van der Waals surface area (Å²) in [6, 6.07) is 7.33. The van der Waals surface area contributed by atoms with Crippen LogP contribution in [0.4, 0.5) is 5.69 Å². The van der Waals surface area contributed by atoms with E-state index in [-0.39, 0.29) is 24.2 Å². The summed E-state index contributed by atoms with van der Waals surface area (Å²) in [6.07, 6.45) is 4.82. The predicted octanol–water partition coefficient (Wildman–Crippen LogP) is 1.61. The van der Waals surface area contributed by atoms with Crippen molar-refractivity contribution in [1.82, 2.24) is 14.5 Å². The lowest BCUT2D eigenvalue weighted by Gasteiger charge is -2.39. The fraction of sp³-hybridized carbons (Fsp3) is 0.500. The van der Waals surface area contributed by atoms with Gasteiger partial charge in [0.1, 0.15) is 11.6 Å². The van der Waals surface area contributed by atoms with E-state index in [0.717, 1.165) is 11.5 Å². The van der Waals surface area contributed by atoms with E-state index in [0.29, 0.717) is 44.8 Å². The van der Waals surface area contributed by atoms with Crippen LogP contribution in [0.3, 0.4) is 0 Å². The number of likely N-dealkylation sites (tertiary alicyclic amines) is 1. The summed E-state index contributed by atoms with van der Waals surface area (Å²) in [7, 11) is 1.59. The fourth-order valence-electron chi connectivity index (χ4n) is 4.35. The largest absolute Gasteiger partial charge is 0.497 e. The fourth-order valence-corrected chi connectivity index (χ4v) is 4.35. The second kappa shape index (κ2) is 8.10. The molecule has 0 aliphatic carbocycles. The van der Waals surface area contributed by atoms with E-state index in [2.05, 4.69) is 4.98 Å². The number of carbonyl (C=O) groups is 2. The molecule has 1 unspecified atom stereocenters. The number of anilines is 1. The highest BCUT2D eigenvalue weighted by atomic mass is 16.5. The average Bonchev–Trinajstić information content (AvgIpc) is 3.33. The lowest BCUT2D eigenvalue weighted by molar-refractivity contribution is -0.140. The topological polar surface area (TPSA) is 87.9 Å². The van der Waals surface area contributed by atoms with Crippen LogP contribution in [0, 0.1) is 12.8 Å². The molecule has 0 spiro atoms. The standard InChI is InChI=1S/C22H28N4O4/c1-16-23-8-11-25(16)15-22(29)6-9-24(10-7-22)21(28)17-12-20(27)26(14-17)18-4-3-5-19(13-18)30-2/h3-5,8,11,13,17,29H,6-7,9-10,12,14-15H2,1-2H3. The van der Waals surface area contributed by atoms with Gasteiger partial charge >= 0.3 is 0 Å². The number of nitrogens with zero attached hydrogens (tertiary/aromatic N) is 4. The predicted molar refractivity (Wildman–Crippen MR) is 111 cm³/mol. The van der Waals surface area contributed by atoms with Gasteiger partial charge in [-0.1, -0.05) is 6.07 Å². The lowest BCUT2D eigenvalue weighted by Crippen LogP contribution is -2.50. The van der Waals surface area contributed by atoms with Crippen molar-refractivity contribution in [3.05, 3.63) is 42.5 Å². The summed E-state index contributed by atoms with van der Waals surface area (Å²) >= 11 is 0. The molecule has 1 N–H and O–H groups in total. The summed E-state index contributed by atoms with van der Waals surface area (Å²) in [5.41, 5.74) is -0.0984.